The van der Waals surface area contributed by atoms with Gasteiger partial charge in [-0.2, -0.15) is 5.10 Å². The summed E-state index contributed by atoms with van der Waals surface area (Å²) < 4.78 is 7.20. The molecule has 3 heterocycles. The molecule has 0 saturated carbocycles. The number of carbonyl (C=O) groups is 1. The van der Waals surface area contributed by atoms with E-state index >= 15 is 0 Å². The van der Waals surface area contributed by atoms with Gasteiger partial charge in [-0.3, -0.25) is 9.48 Å². The van der Waals surface area contributed by atoms with Crippen molar-refractivity contribution in [2.24, 2.45) is 0 Å². The van der Waals surface area contributed by atoms with Gasteiger partial charge in [0.1, 0.15) is 10.6 Å². The Morgan fingerprint density at radius 2 is 2.21 bits per heavy atom. The summed E-state index contributed by atoms with van der Waals surface area (Å²) in [6.07, 6.45) is 3.60. The Kier molecular flexibility index (Phi) is 5.20. The van der Waals surface area contributed by atoms with Crippen LogP contribution in [0.2, 0.25) is 0 Å². The van der Waals surface area contributed by atoms with Crippen molar-refractivity contribution in [3.05, 3.63) is 33.8 Å². The maximum atomic E-state index is 12.8. The fraction of sp³-hybridized carbons (Fsp3) is 0.529. The number of carbonyl (C=O) groups excluding carboxylic acids is 1. The molecule has 2 aromatic rings. The number of methoxy groups -OCH3 is 1. The Balaban J connectivity index is 1.66. The smallest absolute Gasteiger partial charge is 0.267 e. The third kappa shape index (κ3) is 3.32. The van der Waals surface area contributed by atoms with Gasteiger partial charge in [-0.1, -0.05) is 0 Å². The number of aliphatic hydroxyl groups is 1. The Bertz CT molecular complexity index is 702. The predicted molar refractivity (Wildman–Crippen MR) is 92.8 cm³/mol. The molecule has 1 amide bonds. The van der Waals surface area contributed by atoms with Gasteiger partial charge in [0.2, 0.25) is 0 Å². The van der Waals surface area contributed by atoms with Crippen LogP contribution < -0.4 is 4.74 Å². The second kappa shape index (κ2) is 7.36. The number of hydrogen-bond donors (Lipinski definition) is 1. The van der Waals surface area contributed by atoms with E-state index in [2.05, 4.69) is 5.10 Å². The first kappa shape index (κ1) is 17.0. The number of aromatic nitrogens is 2. The maximum Gasteiger partial charge on any atom is 0.267 e. The van der Waals surface area contributed by atoms with E-state index in [1.165, 1.54) is 11.3 Å². The van der Waals surface area contributed by atoms with Gasteiger partial charge in [0.15, 0.2) is 0 Å². The van der Waals surface area contributed by atoms with Gasteiger partial charge in [-0.25, -0.2) is 0 Å². The van der Waals surface area contributed by atoms with Crippen molar-refractivity contribution in [1.29, 1.82) is 0 Å². The minimum atomic E-state index is 0.0623. The van der Waals surface area contributed by atoms with Crippen molar-refractivity contribution >= 4 is 17.2 Å². The predicted octanol–water partition coefficient (Wildman–Crippen LogP) is 2.27. The summed E-state index contributed by atoms with van der Waals surface area (Å²) in [6, 6.07) is 3.93. The fourth-order valence-corrected chi connectivity index (χ4v) is 4.23. The molecule has 24 heavy (non-hydrogen) atoms. The first-order chi connectivity index (χ1) is 11.6. The van der Waals surface area contributed by atoms with Gasteiger partial charge in [0, 0.05) is 35.8 Å². The van der Waals surface area contributed by atoms with Crippen molar-refractivity contribution in [2.45, 2.75) is 32.2 Å². The van der Waals surface area contributed by atoms with Crippen LogP contribution in [0.25, 0.3) is 0 Å². The van der Waals surface area contributed by atoms with Gasteiger partial charge in [-0.05, 0) is 31.9 Å². The lowest BCUT2D eigenvalue weighted by Crippen LogP contribution is -2.38. The number of amides is 1. The zero-order valence-corrected chi connectivity index (χ0v) is 14.9. The highest BCUT2D eigenvalue weighted by Crippen LogP contribution is 2.33. The van der Waals surface area contributed by atoms with E-state index in [-0.39, 0.29) is 12.5 Å². The van der Waals surface area contributed by atoms with Crippen LogP contribution in [0.4, 0.5) is 0 Å². The van der Waals surface area contributed by atoms with Gasteiger partial charge in [0.25, 0.3) is 5.91 Å². The molecule has 1 fully saturated rings. The number of rotatable bonds is 5. The summed E-state index contributed by atoms with van der Waals surface area (Å²) >= 11 is 1.49. The topological polar surface area (TPSA) is 67.6 Å². The molecule has 1 saturated heterocycles. The summed E-state index contributed by atoms with van der Waals surface area (Å²) in [7, 11) is 1.60. The highest BCUT2D eigenvalue weighted by atomic mass is 32.1. The molecule has 0 unspecified atom stereocenters. The number of ether oxygens (including phenoxy) is 1. The normalized spacial score (nSPS) is 15.7. The molecule has 0 radical (unpaired) electrons. The molecule has 6 nitrogen and oxygen atoms in total. The first-order valence-electron chi connectivity index (χ1n) is 8.20. The molecule has 0 aromatic carbocycles. The molecule has 1 aliphatic heterocycles. The summed E-state index contributed by atoms with van der Waals surface area (Å²) in [5.74, 6) is 1.12. The molecule has 3 rings (SSSR count). The molecule has 2 aromatic heterocycles. The summed E-state index contributed by atoms with van der Waals surface area (Å²) in [4.78, 5) is 16.4. The summed E-state index contributed by atoms with van der Waals surface area (Å²) in [6.45, 7) is 4.05. The van der Waals surface area contributed by atoms with Crippen molar-refractivity contribution < 1.29 is 14.6 Å². The monoisotopic (exact) mass is 349 g/mol. The zero-order valence-electron chi connectivity index (χ0n) is 14.1. The molecular weight excluding hydrogens is 326 g/mol. The average molecular weight is 349 g/mol. The Labute approximate surface area is 145 Å². The molecule has 1 N–H and O–H groups in total. The van der Waals surface area contributed by atoms with E-state index in [1.54, 1.807) is 13.3 Å². The largest absolute Gasteiger partial charge is 0.495 e. The molecule has 7 heteroatoms. The van der Waals surface area contributed by atoms with Gasteiger partial charge in [-0.15, -0.1) is 11.3 Å². The number of aliphatic hydroxyl groups excluding tert-OH is 1. The lowest BCUT2D eigenvalue weighted by molar-refractivity contribution is 0.0713. The number of thiophene rings is 1. The van der Waals surface area contributed by atoms with Gasteiger partial charge >= 0.3 is 0 Å². The minimum absolute atomic E-state index is 0.0623. The van der Waals surface area contributed by atoms with Crippen molar-refractivity contribution in [1.82, 2.24) is 14.7 Å². The van der Waals surface area contributed by atoms with Crippen LogP contribution >= 0.6 is 11.3 Å². The molecule has 130 valence electrons. The van der Waals surface area contributed by atoms with Crippen LogP contribution in [0.3, 0.4) is 0 Å². The third-order valence-electron chi connectivity index (χ3n) is 4.50. The molecule has 1 aliphatic rings. The maximum absolute atomic E-state index is 12.8. The standard InChI is InChI=1S/C17H23N3O3S/c1-12-11-15(23-2)16(24-12)17(22)19-7-4-13(5-8-19)14-3-6-18-20(14)9-10-21/h3,6,11,13,21H,4-5,7-10H2,1-2H3. The number of likely N-dealkylation sites (tertiary alicyclic amines) is 1. The van der Waals surface area contributed by atoms with Crippen LogP contribution in [-0.2, 0) is 6.54 Å². The van der Waals surface area contributed by atoms with E-state index in [0.717, 1.165) is 36.5 Å². The minimum Gasteiger partial charge on any atom is -0.495 e. The molecule has 0 bridgehead atoms. The molecular formula is C17H23N3O3S. The zero-order chi connectivity index (χ0) is 17.1. The first-order valence-corrected chi connectivity index (χ1v) is 9.02. The highest BCUT2D eigenvalue weighted by molar-refractivity contribution is 7.14. The van der Waals surface area contributed by atoms with Crippen LogP contribution in [0.1, 0.15) is 39.0 Å². The van der Waals surface area contributed by atoms with Gasteiger partial charge < -0.3 is 14.7 Å². The van der Waals surface area contributed by atoms with E-state index in [9.17, 15) is 4.79 Å². The summed E-state index contributed by atoms with van der Waals surface area (Å²) in [5, 5.41) is 13.4. The number of hydrogen-bond acceptors (Lipinski definition) is 5. The van der Waals surface area contributed by atoms with Crippen molar-refractivity contribution in [2.75, 3.05) is 26.8 Å². The summed E-state index contributed by atoms with van der Waals surface area (Å²) in [5.41, 5.74) is 1.15. The van der Waals surface area contributed by atoms with Gasteiger partial charge in [0.05, 0.1) is 20.3 Å². The van der Waals surface area contributed by atoms with E-state index in [4.69, 9.17) is 9.84 Å². The van der Waals surface area contributed by atoms with E-state index in [0.29, 0.717) is 23.1 Å². The highest BCUT2D eigenvalue weighted by Gasteiger charge is 2.28. The number of aryl methyl sites for hydroxylation is 1. The van der Waals surface area contributed by atoms with Crippen LogP contribution in [0.15, 0.2) is 18.3 Å². The Hall–Kier alpha value is -1.86. The molecule has 0 aliphatic carbocycles. The fourth-order valence-electron chi connectivity index (χ4n) is 3.28. The van der Waals surface area contributed by atoms with Crippen LogP contribution in [-0.4, -0.2) is 52.5 Å². The average Bonchev–Trinajstić information content (AvgIpc) is 3.21. The quantitative estimate of drug-likeness (QED) is 0.899. The SMILES string of the molecule is COc1cc(C)sc1C(=O)N1CCC(c2ccnn2CCO)CC1. The second-order valence-electron chi connectivity index (χ2n) is 6.02. The Morgan fingerprint density at radius 3 is 2.88 bits per heavy atom. The van der Waals surface area contributed by atoms with Crippen LogP contribution in [0.5, 0.6) is 5.75 Å². The number of piperidine rings is 1. The lowest BCUT2D eigenvalue weighted by atomic mass is 9.93. The van der Waals surface area contributed by atoms with E-state index in [1.807, 2.05) is 28.6 Å². The molecule has 0 atom stereocenters. The number of nitrogens with zero attached hydrogens (tertiary/aromatic N) is 3. The lowest BCUT2D eigenvalue weighted by Gasteiger charge is -2.32. The second-order valence-corrected chi connectivity index (χ2v) is 7.28. The van der Waals surface area contributed by atoms with Crippen molar-refractivity contribution in [3.63, 3.8) is 0 Å². The van der Waals surface area contributed by atoms with E-state index < -0.39 is 0 Å². The van der Waals surface area contributed by atoms with Crippen LogP contribution in [0, 0.1) is 6.92 Å². The molecule has 0 spiro atoms. The Morgan fingerprint density at radius 1 is 1.46 bits per heavy atom. The van der Waals surface area contributed by atoms with Crippen molar-refractivity contribution in [3.8, 4) is 5.75 Å². The third-order valence-corrected chi connectivity index (χ3v) is 5.52.